The van der Waals surface area contributed by atoms with Crippen molar-refractivity contribution in [3.8, 4) is 0 Å². The van der Waals surface area contributed by atoms with Crippen molar-refractivity contribution in [1.29, 1.82) is 0 Å². The van der Waals surface area contributed by atoms with Crippen LogP contribution in [0, 0.1) is 5.82 Å². The molecule has 0 atom stereocenters. The van der Waals surface area contributed by atoms with E-state index in [1.807, 2.05) is 18.2 Å². The first-order chi connectivity index (χ1) is 9.69. The third-order valence-electron chi connectivity index (χ3n) is 3.02. The van der Waals surface area contributed by atoms with Gasteiger partial charge in [-0.2, -0.15) is 0 Å². The summed E-state index contributed by atoms with van der Waals surface area (Å²) in [5.74, 6) is 0.465. The molecule has 0 aliphatic rings. The summed E-state index contributed by atoms with van der Waals surface area (Å²) in [6.07, 6.45) is 1.93. The van der Waals surface area contributed by atoms with Crippen LogP contribution in [0.5, 0.6) is 0 Å². The van der Waals surface area contributed by atoms with Gasteiger partial charge in [-0.15, -0.1) is 11.6 Å². The molecular weight excluding hydrogens is 341 g/mol. The number of halogens is 3. The van der Waals surface area contributed by atoms with Crippen molar-refractivity contribution in [2.45, 2.75) is 19.4 Å². The maximum absolute atomic E-state index is 13.7. The minimum absolute atomic E-state index is 0.204. The first-order valence-electron chi connectivity index (χ1n) is 6.52. The Morgan fingerprint density at radius 3 is 2.75 bits per heavy atom. The molecule has 0 saturated carbocycles. The zero-order valence-electron chi connectivity index (χ0n) is 11.0. The second-order valence-electron chi connectivity index (χ2n) is 4.58. The van der Waals surface area contributed by atoms with E-state index in [4.69, 9.17) is 11.6 Å². The van der Waals surface area contributed by atoms with Crippen LogP contribution in [0.4, 0.5) is 10.1 Å². The van der Waals surface area contributed by atoms with Crippen molar-refractivity contribution in [3.63, 3.8) is 0 Å². The summed E-state index contributed by atoms with van der Waals surface area (Å²) in [4.78, 5) is 0. The number of hydrogen-bond acceptors (Lipinski definition) is 1. The van der Waals surface area contributed by atoms with Crippen LogP contribution < -0.4 is 5.32 Å². The number of hydrogen-bond donors (Lipinski definition) is 1. The molecule has 0 amide bonds. The Balaban J connectivity index is 1.99. The van der Waals surface area contributed by atoms with Crippen LogP contribution in [-0.2, 0) is 13.0 Å². The Kier molecular flexibility index (Phi) is 5.86. The Morgan fingerprint density at radius 2 is 2.00 bits per heavy atom. The average Bonchev–Trinajstić information content (AvgIpc) is 2.45. The van der Waals surface area contributed by atoms with E-state index in [0.29, 0.717) is 18.0 Å². The van der Waals surface area contributed by atoms with Crippen molar-refractivity contribution in [2.24, 2.45) is 0 Å². The number of anilines is 1. The molecule has 0 aliphatic heterocycles. The topological polar surface area (TPSA) is 12.0 Å². The summed E-state index contributed by atoms with van der Waals surface area (Å²) in [7, 11) is 0. The van der Waals surface area contributed by atoms with Crippen molar-refractivity contribution >= 4 is 33.2 Å². The SMILES string of the molecule is Fc1cc(Br)ccc1CNc1cccc(CCCCl)c1. The summed E-state index contributed by atoms with van der Waals surface area (Å²) >= 11 is 8.96. The number of nitrogens with one attached hydrogen (secondary N) is 1. The maximum atomic E-state index is 13.7. The molecule has 0 heterocycles. The fourth-order valence-electron chi connectivity index (χ4n) is 1.97. The fourth-order valence-corrected chi connectivity index (χ4v) is 2.44. The number of benzene rings is 2. The van der Waals surface area contributed by atoms with Gasteiger partial charge in [0.2, 0.25) is 0 Å². The van der Waals surface area contributed by atoms with E-state index >= 15 is 0 Å². The molecule has 0 unspecified atom stereocenters. The molecule has 4 heteroatoms. The normalized spacial score (nSPS) is 10.6. The number of aryl methyl sites for hydroxylation is 1. The monoisotopic (exact) mass is 355 g/mol. The summed E-state index contributed by atoms with van der Waals surface area (Å²) < 4.78 is 14.5. The van der Waals surface area contributed by atoms with Gasteiger partial charge in [-0.25, -0.2) is 4.39 Å². The second kappa shape index (κ2) is 7.65. The molecule has 20 heavy (non-hydrogen) atoms. The summed E-state index contributed by atoms with van der Waals surface area (Å²) in [5.41, 5.74) is 2.89. The molecule has 0 aliphatic carbocycles. The van der Waals surface area contributed by atoms with E-state index in [0.717, 1.165) is 23.0 Å². The zero-order chi connectivity index (χ0) is 14.4. The zero-order valence-corrected chi connectivity index (χ0v) is 13.3. The molecule has 0 aromatic heterocycles. The van der Waals surface area contributed by atoms with Crippen molar-refractivity contribution in [1.82, 2.24) is 0 Å². The van der Waals surface area contributed by atoms with Crippen LogP contribution in [0.15, 0.2) is 46.9 Å². The van der Waals surface area contributed by atoms with Crippen LogP contribution in [0.3, 0.4) is 0 Å². The molecule has 0 bridgehead atoms. The van der Waals surface area contributed by atoms with Crippen molar-refractivity contribution < 1.29 is 4.39 Å². The second-order valence-corrected chi connectivity index (χ2v) is 5.88. The highest BCUT2D eigenvalue weighted by Crippen LogP contribution is 2.18. The highest BCUT2D eigenvalue weighted by atomic mass is 79.9. The lowest BCUT2D eigenvalue weighted by atomic mass is 10.1. The number of alkyl halides is 1. The van der Waals surface area contributed by atoms with Gasteiger partial charge in [-0.3, -0.25) is 0 Å². The van der Waals surface area contributed by atoms with E-state index in [2.05, 4.69) is 33.4 Å². The Hall–Kier alpha value is -1.06. The van der Waals surface area contributed by atoms with Gasteiger partial charge in [-0.1, -0.05) is 34.1 Å². The van der Waals surface area contributed by atoms with Gasteiger partial charge in [-0.05, 0) is 42.7 Å². The summed E-state index contributed by atoms with van der Waals surface area (Å²) in [5, 5.41) is 3.25. The highest BCUT2D eigenvalue weighted by molar-refractivity contribution is 9.10. The Labute approximate surface area is 132 Å². The highest BCUT2D eigenvalue weighted by Gasteiger charge is 2.03. The average molecular weight is 357 g/mol. The minimum Gasteiger partial charge on any atom is -0.381 e. The molecule has 0 fully saturated rings. The molecule has 0 spiro atoms. The molecule has 2 rings (SSSR count). The molecule has 1 nitrogen and oxygen atoms in total. The van der Waals surface area contributed by atoms with Gasteiger partial charge in [0.25, 0.3) is 0 Å². The Bertz CT molecular complexity index is 574. The predicted molar refractivity (Wildman–Crippen MR) is 86.9 cm³/mol. The smallest absolute Gasteiger partial charge is 0.129 e. The predicted octanol–water partition coefficient (Wildman–Crippen LogP) is 5.37. The van der Waals surface area contributed by atoms with Crippen LogP contribution >= 0.6 is 27.5 Å². The van der Waals surface area contributed by atoms with Gasteiger partial charge < -0.3 is 5.32 Å². The lowest BCUT2D eigenvalue weighted by Gasteiger charge is -2.09. The van der Waals surface area contributed by atoms with E-state index in [1.54, 1.807) is 6.07 Å². The molecule has 2 aromatic rings. The van der Waals surface area contributed by atoms with E-state index in [9.17, 15) is 4.39 Å². The van der Waals surface area contributed by atoms with E-state index in [-0.39, 0.29) is 5.82 Å². The van der Waals surface area contributed by atoms with Crippen molar-refractivity contribution in [2.75, 3.05) is 11.2 Å². The lowest BCUT2D eigenvalue weighted by molar-refractivity contribution is 0.612. The third kappa shape index (κ3) is 4.50. The summed E-state index contributed by atoms with van der Waals surface area (Å²) in [6, 6.07) is 13.3. The first kappa shape index (κ1) is 15.3. The molecular formula is C16H16BrClFN. The minimum atomic E-state index is -0.204. The molecule has 2 aromatic carbocycles. The number of rotatable bonds is 6. The van der Waals surface area contributed by atoms with Gasteiger partial charge in [0.15, 0.2) is 0 Å². The largest absolute Gasteiger partial charge is 0.381 e. The maximum Gasteiger partial charge on any atom is 0.129 e. The Morgan fingerprint density at radius 1 is 1.15 bits per heavy atom. The third-order valence-corrected chi connectivity index (χ3v) is 3.78. The quantitative estimate of drug-likeness (QED) is 0.686. The molecule has 0 radical (unpaired) electrons. The molecule has 106 valence electrons. The molecule has 0 saturated heterocycles. The lowest BCUT2D eigenvalue weighted by Crippen LogP contribution is -2.02. The standard InChI is InChI=1S/C16H16BrClFN/c17-14-7-6-13(16(19)10-14)11-20-15-5-1-3-12(9-15)4-2-8-18/h1,3,5-7,9-10,20H,2,4,8,11H2. The van der Waals surface area contributed by atoms with Gasteiger partial charge >= 0.3 is 0 Å². The van der Waals surface area contributed by atoms with Crippen LogP contribution in [0.1, 0.15) is 17.5 Å². The van der Waals surface area contributed by atoms with E-state index < -0.39 is 0 Å². The summed E-state index contributed by atoms with van der Waals surface area (Å²) in [6.45, 7) is 0.470. The molecule has 1 N–H and O–H groups in total. The van der Waals surface area contributed by atoms with E-state index in [1.165, 1.54) is 11.6 Å². The van der Waals surface area contributed by atoms with Crippen molar-refractivity contribution in [3.05, 3.63) is 63.9 Å². The first-order valence-corrected chi connectivity index (χ1v) is 7.84. The van der Waals surface area contributed by atoms with Crippen LogP contribution in [0.25, 0.3) is 0 Å². The van der Waals surface area contributed by atoms with Gasteiger partial charge in [0, 0.05) is 28.1 Å². The fraction of sp³-hybridized carbons (Fsp3) is 0.250. The van der Waals surface area contributed by atoms with Crippen LogP contribution in [-0.4, -0.2) is 5.88 Å². The van der Waals surface area contributed by atoms with Gasteiger partial charge in [0.1, 0.15) is 5.82 Å². The van der Waals surface area contributed by atoms with Gasteiger partial charge in [0.05, 0.1) is 0 Å². The van der Waals surface area contributed by atoms with Crippen LogP contribution in [0.2, 0.25) is 0 Å².